The molecule has 1 aliphatic rings. The molecule has 1 amide bonds. The monoisotopic (exact) mass is 388 g/mol. The van der Waals surface area contributed by atoms with Gasteiger partial charge in [0.2, 0.25) is 0 Å². The lowest BCUT2D eigenvalue weighted by Crippen LogP contribution is -2.14. The number of nitrogens with one attached hydrogen (secondary N) is 1. The maximum Gasteiger partial charge on any atom is 0.284 e. The first-order valence-corrected chi connectivity index (χ1v) is 9.58. The van der Waals surface area contributed by atoms with Crippen molar-refractivity contribution < 1.29 is 13.6 Å². The molecular weight excluding hydrogens is 366 g/mol. The highest BCUT2D eigenvalue weighted by molar-refractivity contribution is 6.08. The average Bonchev–Trinajstić information content (AvgIpc) is 3.32. The third-order valence-electron chi connectivity index (χ3n) is 5.20. The van der Waals surface area contributed by atoms with E-state index in [1.54, 1.807) is 10.9 Å². The van der Waals surface area contributed by atoms with E-state index in [1.807, 2.05) is 13.0 Å². The lowest BCUT2D eigenvalue weighted by Gasteiger charge is -2.21. The fraction of sp³-hybridized carbons (Fsp3) is 0.474. The molecular formula is C19H22F2N6O. The number of aryl methyl sites for hydroxylation is 1. The van der Waals surface area contributed by atoms with E-state index >= 15 is 0 Å². The molecule has 9 heteroatoms. The molecule has 0 radical (unpaired) electrons. The molecule has 148 valence electrons. The lowest BCUT2D eigenvalue weighted by molar-refractivity contribution is 0.102. The Bertz CT molecular complexity index is 990. The number of rotatable bonds is 5. The number of fused-ring (bicyclic) bond motifs is 1. The van der Waals surface area contributed by atoms with E-state index in [9.17, 15) is 13.6 Å². The Morgan fingerprint density at radius 3 is 2.82 bits per heavy atom. The van der Waals surface area contributed by atoms with Crippen LogP contribution in [0.15, 0.2) is 24.7 Å². The predicted octanol–water partition coefficient (Wildman–Crippen LogP) is 4.18. The Kier molecular flexibility index (Phi) is 5.06. The minimum atomic E-state index is -2.77. The van der Waals surface area contributed by atoms with Crippen molar-refractivity contribution in [2.75, 3.05) is 5.32 Å². The van der Waals surface area contributed by atoms with Crippen molar-refractivity contribution in [3.05, 3.63) is 41.6 Å². The first kappa shape index (κ1) is 18.5. The third kappa shape index (κ3) is 3.48. The molecule has 0 aliphatic heterocycles. The molecule has 28 heavy (non-hydrogen) atoms. The summed E-state index contributed by atoms with van der Waals surface area (Å²) in [6.45, 7) is 1.96. The molecule has 1 saturated carbocycles. The molecule has 0 unspecified atom stereocenters. The van der Waals surface area contributed by atoms with Gasteiger partial charge in [-0.25, -0.2) is 18.3 Å². The van der Waals surface area contributed by atoms with E-state index < -0.39 is 18.0 Å². The maximum absolute atomic E-state index is 13.5. The van der Waals surface area contributed by atoms with E-state index in [0.717, 1.165) is 37.8 Å². The second-order valence-electron chi connectivity index (χ2n) is 7.05. The molecule has 0 spiro atoms. The van der Waals surface area contributed by atoms with Crippen molar-refractivity contribution in [1.82, 2.24) is 24.4 Å². The molecule has 0 saturated heterocycles. The quantitative estimate of drug-likeness (QED) is 0.711. The minimum absolute atomic E-state index is 0.0385. The topological polar surface area (TPSA) is 77.1 Å². The second-order valence-corrected chi connectivity index (χ2v) is 7.05. The highest BCUT2D eigenvalue weighted by Crippen LogP contribution is 2.32. The zero-order valence-electron chi connectivity index (χ0n) is 15.6. The van der Waals surface area contributed by atoms with E-state index in [4.69, 9.17) is 0 Å². The molecule has 1 aliphatic carbocycles. The standard InChI is InChI=1S/C19H22F2N6O/c1-2-12-8-9-26-18(23-12)14(10-22-26)19(28)24-15-11-27(25-16(15)17(20)21)13-6-4-3-5-7-13/h8-11,13,17H,2-7H2,1H3,(H,24,28). The second kappa shape index (κ2) is 7.65. The molecule has 1 N–H and O–H groups in total. The normalized spacial score (nSPS) is 15.4. The highest BCUT2D eigenvalue weighted by atomic mass is 19.3. The summed E-state index contributed by atoms with van der Waals surface area (Å²) in [6.07, 6.45) is 7.69. The lowest BCUT2D eigenvalue weighted by atomic mass is 9.96. The van der Waals surface area contributed by atoms with Gasteiger partial charge in [-0.3, -0.25) is 9.48 Å². The number of carbonyl (C=O) groups excluding carboxylic acids is 1. The Balaban J connectivity index is 1.63. The van der Waals surface area contributed by atoms with Crippen LogP contribution in [0.4, 0.5) is 14.5 Å². The zero-order chi connectivity index (χ0) is 19.7. The van der Waals surface area contributed by atoms with Gasteiger partial charge in [0.15, 0.2) is 11.3 Å². The number of alkyl halides is 2. The first-order valence-electron chi connectivity index (χ1n) is 9.58. The van der Waals surface area contributed by atoms with Crippen LogP contribution in [0.3, 0.4) is 0 Å². The fourth-order valence-corrected chi connectivity index (χ4v) is 3.65. The van der Waals surface area contributed by atoms with Crippen LogP contribution in [-0.4, -0.2) is 30.3 Å². The zero-order valence-corrected chi connectivity index (χ0v) is 15.6. The number of hydrogen-bond donors (Lipinski definition) is 1. The molecule has 3 heterocycles. The van der Waals surface area contributed by atoms with Crippen LogP contribution in [0.1, 0.15) is 73.2 Å². The van der Waals surface area contributed by atoms with Crippen molar-refractivity contribution in [2.45, 2.75) is 57.9 Å². The first-order chi connectivity index (χ1) is 13.6. The SMILES string of the molecule is CCc1ccn2ncc(C(=O)Nc3cn(C4CCCCC4)nc3C(F)F)c2n1. The van der Waals surface area contributed by atoms with Gasteiger partial charge in [-0.05, 0) is 25.3 Å². The van der Waals surface area contributed by atoms with E-state index in [2.05, 4.69) is 20.5 Å². The van der Waals surface area contributed by atoms with Crippen LogP contribution in [0.25, 0.3) is 5.65 Å². The molecule has 4 rings (SSSR count). The summed E-state index contributed by atoms with van der Waals surface area (Å²) in [5.74, 6) is -0.527. The van der Waals surface area contributed by atoms with Gasteiger partial charge < -0.3 is 5.32 Å². The Hall–Kier alpha value is -2.84. The van der Waals surface area contributed by atoms with E-state index in [-0.39, 0.29) is 17.3 Å². The molecule has 3 aromatic heterocycles. The van der Waals surface area contributed by atoms with Crippen molar-refractivity contribution in [1.29, 1.82) is 0 Å². The summed E-state index contributed by atoms with van der Waals surface area (Å²) < 4.78 is 30.1. The van der Waals surface area contributed by atoms with Gasteiger partial charge in [0, 0.05) is 18.1 Å². The largest absolute Gasteiger partial charge is 0.319 e. The number of halogens is 2. The van der Waals surface area contributed by atoms with Crippen LogP contribution < -0.4 is 5.32 Å². The summed E-state index contributed by atoms with van der Waals surface area (Å²) in [6, 6.07) is 1.92. The van der Waals surface area contributed by atoms with Gasteiger partial charge in [-0.2, -0.15) is 10.2 Å². The van der Waals surface area contributed by atoms with Crippen molar-refractivity contribution in [2.24, 2.45) is 0 Å². The predicted molar refractivity (Wildman–Crippen MR) is 99.6 cm³/mol. The number of hydrogen-bond acceptors (Lipinski definition) is 4. The van der Waals surface area contributed by atoms with Gasteiger partial charge in [0.05, 0.1) is 17.9 Å². The Labute approximate surface area is 160 Å². The summed E-state index contributed by atoms with van der Waals surface area (Å²) in [5, 5.41) is 10.8. The Morgan fingerprint density at radius 1 is 1.32 bits per heavy atom. The van der Waals surface area contributed by atoms with Gasteiger partial charge in [-0.1, -0.05) is 26.2 Å². The Morgan fingerprint density at radius 2 is 2.11 bits per heavy atom. The van der Waals surface area contributed by atoms with E-state index in [1.165, 1.54) is 16.9 Å². The highest BCUT2D eigenvalue weighted by Gasteiger charge is 2.25. The smallest absolute Gasteiger partial charge is 0.284 e. The van der Waals surface area contributed by atoms with Gasteiger partial charge >= 0.3 is 0 Å². The van der Waals surface area contributed by atoms with Crippen LogP contribution >= 0.6 is 0 Å². The molecule has 0 aromatic carbocycles. The van der Waals surface area contributed by atoms with Crippen LogP contribution in [0.2, 0.25) is 0 Å². The fourth-order valence-electron chi connectivity index (χ4n) is 3.65. The summed E-state index contributed by atoms with van der Waals surface area (Å²) in [5.41, 5.74) is 1.09. The average molecular weight is 388 g/mol. The molecule has 1 fully saturated rings. The van der Waals surface area contributed by atoms with Gasteiger partial charge in [-0.15, -0.1) is 0 Å². The van der Waals surface area contributed by atoms with Crippen molar-refractivity contribution in [3.8, 4) is 0 Å². The van der Waals surface area contributed by atoms with Crippen molar-refractivity contribution >= 4 is 17.2 Å². The summed E-state index contributed by atoms with van der Waals surface area (Å²) in [4.78, 5) is 17.2. The van der Waals surface area contributed by atoms with Gasteiger partial charge in [0.1, 0.15) is 5.56 Å². The van der Waals surface area contributed by atoms with Crippen LogP contribution in [0.5, 0.6) is 0 Å². The van der Waals surface area contributed by atoms with E-state index in [0.29, 0.717) is 12.1 Å². The van der Waals surface area contributed by atoms with Crippen molar-refractivity contribution in [3.63, 3.8) is 0 Å². The third-order valence-corrected chi connectivity index (χ3v) is 5.20. The molecule has 7 nitrogen and oxygen atoms in total. The number of nitrogens with zero attached hydrogens (tertiary/aromatic N) is 5. The summed E-state index contributed by atoms with van der Waals surface area (Å²) in [7, 11) is 0. The molecule has 3 aromatic rings. The molecule has 0 bridgehead atoms. The van der Waals surface area contributed by atoms with Crippen LogP contribution in [-0.2, 0) is 6.42 Å². The number of aromatic nitrogens is 5. The number of anilines is 1. The summed E-state index contributed by atoms with van der Waals surface area (Å²) >= 11 is 0. The number of amides is 1. The maximum atomic E-state index is 13.5. The number of carbonyl (C=O) groups is 1. The van der Waals surface area contributed by atoms with Crippen LogP contribution in [0, 0.1) is 0 Å². The van der Waals surface area contributed by atoms with Gasteiger partial charge in [0.25, 0.3) is 12.3 Å². The minimum Gasteiger partial charge on any atom is -0.319 e. The molecule has 0 atom stereocenters.